The van der Waals surface area contributed by atoms with Crippen LogP contribution in [-0.4, -0.2) is 74.2 Å². The Morgan fingerprint density at radius 2 is 1.85 bits per heavy atom. The third-order valence-electron chi connectivity index (χ3n) is 4.23. The van der Waals surface area contributed by atoms with Crippen molar-refractivity contribution in [3.05, 3.63) is 35.1 Å². The first-order chi connectivity index (χ1) is 12.9. The van der Waals surface area contributed by atoms with E-state index in [9.17, 15) is 22.8 Å². The van der Waals surface area contributed by atoms with Crippen molar-refractivity contribution >= 4 is 11.9 Å². The van der Waals surface area contributed by atoms with Crippen molar-refractivity contribution in [2.24, 2.45) is 0 Å². The van der Waals surface area contributed by atoms with Gasteiger partial charge in [-0.15, -0.1) is 0 Å². The molecule has 0 saturated carbocycles. The molecule has 0 atom stereocenters. The molecule has 1 aromatic rings. The summed E-state index contributed by atoms with van der Waals surface area (Å²) < 4.78 is 50.7. The molecule has 0 bridgehead atoms. The van der Waals surface area contributed by atoms with Gasteiger partial charge in [0.1, 0.15) is 0 Å². The smallest absolute Gasteiger partial charge is 0.307 e. The molecule has 1 amide bonds. The molecule has 9 heteroatoms. The summed E-state index contributed by atoms with van der Waals surface area (Å²) >= 11 is 0. The summed E-state index contributed by atoms with van der Waals surface area (Å²) in [5.41, 5.74) is -0.570. The van der Waals surface area contributed by atoms with E-state index in [0.717, 1.165) is 6.07 Å². The zero-order chi connectivity index (χ0) is 19.8. The van der Waals surface area contributed by atoms with E-state index in [2.05, 4.69) is 4.90 Å². The molecule has 1 aliphatic heterocycles. The minimum Gasteiger partial charge on any atom is -0.466 e. The van der Waals surface area contributed by atoms with E-state index >= 15 is 0 Å². The van der Waals surface area contributed by atoms with Crippen LogP contribution in [0.4, 0.5) is 13.2 Å². The summed E-state index contributed by atoms with van der Waals surface area (Å²) in [5, 5.41) is 0. The third kappa shape index (κ3) is 5.93. The molecular formula is C18H23F3N2O4. The van der Waals surface area contributed by atoms with Crippen molar-refractivity contribution in [1.29, 1.82) is 0 Å². The first-order valence-corrected chi connectivity index (χ1v) is 8.82. The van der Waals surface area contributed by atoms with Gasteiger partial charge in [-0.1, -0.05) is 0 Å². The van der Waals surface area contributed by atoms with Crippen LogP contribution in [0, 0.1) is 17.5 Å². The molecule has 1 aliphatic rings. The van der Waals surface area contributed by atoms with E-state index in [4.69, 9.17) is 9.47 Å². The van der Waals surface area contributed by atoms with Crippen molar-refractivity contribution in [2.75, 3.05) is 52.5 Å². The lowest BCUT2D eigenvalue weighted by atomic mass is 10.1. The molecule has 1 heterocycles. The number of benzene rings is 1. The molecule has 27 heavy (non-hydrogen) atoms. The Morgan fingerprint density at radius 3 is 2.52 bits per heavy atom. The molecule has 0 aliphatic carbocycles. The molecule has 1 aromatic carbocycles. The van der Waals surface area contributed by atoms with Crippen molar-refractivity contribution in [3.8, 4) is 0 Å². The number of nitrogens with zero attached hydrogens (tertiary/aromatic N) is 2. The van der Waals surface area contributed by atoms with Crippen LogP contribution in [-0.2, 0) is 14.3 Å². The molecule has 0 unspecified atom stereocenters. The number of ether oxygens (including phenoxy) is 2. The molecule has 6 nitrogen and oxygen atoms in total. The van der Waals surface area contributed by atoms with Gasteiger partial charge in [0.15, 0.2) is 17.5 Å². The van der Waals surface area contributed by atoms with Gasteiger partial charge in [0.05, 0.1) is 31.8 Å². The second-order valence-electron chi connectivity index (χ2n) is 6.02. The summed E-state index contributed by atoms with van der Waals surface area (Å²) in [6.45, 7) is 5.09. The van der Waals surface area contributed by atoms with E-state index in [1.54, 1.807) is 6.92 Å². The van der Waals surface area contributed by atoms with Crippen LogP contribution in [0.25, 0.3) is 0 Å². The number of rotatable bonds is 8. The zero-order valence-electron chi connectivity index (χ0n) is 15.2. The molecule has 0 aromatic heterocycles. The Balaban J connectivity index is 2.10. The highest BCUT2D eigenvalue weighted by atomic mass is 19.2. The minimum absolute atomic E-state index is 0.0135. The quantitative estimate of drug-likeness (QED) is 0.502. The summed E-state index contributed by atoms with van der Waals surface area (Å²) in [6, 6.07) is 1.61. The minimum atomic E-state index is -1.70. The van der Waals surface area contributed by atoms with Gasteiger partial charge in [-0.05, 0) is 19.1 Å². The number of esters is 1. The SMILES string of the molecule is CCOC(=O)CCN(CCN1CCOCC1)C(=O)c1ccc(F)c(F)c1F. The fourth-order valence-corrected chi connectivity index (χ4v) is 2.72. The van der Waals surface area contributed by atoms with Crippen molar-refractivity contribution in [3.63, 3.8) is 0 Å². The average molecular weight is 388 g/mol. The number of carbonyl (C=O) groups excluding carboxylic acids is 2. The van der Waals surface area contributed by atoms with E-state index < -0.39 is 34.9 Å². The van der Waals surface area contributed by atoms with E-state index in [0.29, 0.717) is 38.9 Å². The maximum absolute atomic E-state index is 14.0. The Morgan fingerprint density at radius 1 is 1.15 bits per heavy atom. The first kappa shape index (κ1) is 21.2. The zero-order valence-corrected chi connectivity index (χ0v) is 15.2. The van der Waals surface area contributed by atoms with Crippen LogP contribution < -0.4 is 0 Å². The van der Waals surface area contributed by atoms with Gasteiger partial charge in [-0.3, -0.25) is 14.5 Å². The first-order valence-electron chi connectivity index (χ1n) is 8.82. The van der Waals surface area contributed by atoms with Gasteiger partial charge < -0.3 is 14.4 Å². The highest BCUT2D eigenvalue weighted by Crippen LogP contribution is 2.17. The lowest BCUT2D eigenvalue weighted by Crippen LogP contribution is -2.44. The van der Waals surface area contributed by atoms with Gasteiger partial charge in [-0.2, -0.15) is 0 Å². The number of halogens is 3. The van der Waals surface area contributed by atoms with Gasteiger partial charge in [0.25, 0.3) is 5.91 Å². The van der Waals surface area contributed by atoms with Crippen LogP contribution in [0.5, 0.6) is 0 Å². The van der Waals surface area contributed by atoms with E-state index in [-0.39, 0.29) is 26.1 Å². The Kier molecular flexibility index (Phi) is 8.05. The second-order valence-corrected chi connectivity index (χ2v) is 6.02. The number of carbonyl (C=O) groups is 2. The molecule has 1 saturated heterocycles. The van der Waals surface area contributed by atoms with E-state index in [1.807, 2.05) is 0 Å². The van der Waals surface area contributed by atoms with Crippen LogP contribution in [0.15, 0.2) is 12.1 Å². The molecular weight excluding hydrogens is 365 g/mol. The van der Waals surface area contributed by atoms with Gasteiger partial charge in [-0.25, -0.2) is 13.2 Å². The van der Waals surface area contributed by atoms with Crippen LogP contribution in [0.3, 0.4) is 0 Å². The fraction of sp³-hybridized carbons (Fsp3) is 0.556. The Hall–Kier alpha value is -2.13. The van der Waals surface area contributed by atoms with Crippen LogP contribution >= 0.6 is 0 Å². The topological polar surface area (TPSA) is 59.1 Å². The maximum Gasteiger partial charge on any atom is 0.307 e. The fourth-order valence-electron chi connectivity index (χ4n) is 2.72. The predicted molar refractivity (Wildman–Crippen MR) is 90.7 cm³/mol. The number of amides is 1. The number of hydrogen-bond donors (Lipinski definition) is 0. The van der Waals surface area contributed by atoms with Crippen LogP contribution in [0.2, 0.25) is 0 Å². The normalized spacial score (nSPS) is 14.8. The molecule has 2 rings (SSSR count). The molecule has 1 fully saturated rings. The maximum atomic E-state index is 14.0. The number of morpholine rings is 1. The van der Waals surface area contributed by atoms with Crippen LogP contribution in [0.1, 0.15) is 23.7 Å². The molecule has 0 spiro atoms. The molecule has 150 valence electrons. The summed E-state index contributed by atoms with van der Waals surface area (Å²) in [7, 11) is 0. The lowest BCUT2D eigenvalue weighted by Gasteiger charge is -2.30. The van der Waals surface area contributed by atoms with Gasteiger partial charge in [0.2, 0.25) is 0 Å². The lowest BCUT2D eigenvalue weighted by molar-refractivity contribution is -0.143. The van der Waals surface area contributed by atoms with Gasteiger partial charge >= 0.3 is 5.97 Å². The largest absolute Gasteiger partial charge is 0.466 e. The Labute approximate surface area is 155 Å². The highest BCUT2D eigenvalue weighted by molar-refractivity contribution is 5.94. The van der Waals surface area contributed by atoms with Gasteiger partial charge in [0, 0.05) is 32.7 Å². The second kappa shape index (κ2) is 10.3. The summed E-state index contributed by atoms with van der Waals surface area (Å²) in [4.78, 5) is 27.6. The monoisotopic (exact) mass is 388 g/mol. The predicted octanol–water partition coefficient (Wildman–Crippen LogP) is 1.83. The molecule has 0 radical (unpaired) electrons. The van der Waals surface area contributed by atoms with Crippen molar-refractivity contribution in [1.82, 2.24) is 9.80 Å². The van der Waals surface area contributed by atoms with E-state index in [1.165, 1.54) is 4.90 Å². The van der Waals surface area contributed by atoms with Crippen molar-refractivity contribution in [2.45, 2.75) is 13.3 Å². The summed E-state index contributed by atoms with van der Waals surface area (Å²) in [6.07, 6.45) is -0.0754. The third-order valence-corrected chi connectivity index (χ3v) is 4.23. The standard InChI is InChI=1S/C18H23F3N2O4/c1-2-27-15(24)5-6-23(8-7-22-9-11-26-12-10-22)18(25)13-3-4-14(19)17(21)16(13)20/h3-4H,2,5-12H2,1H3. The Bertz CT molecular complexity index is 666. The summed E-state index contributed by atoms with van der Waals surface area (Å²) in [5.74, 6) is -5.89. The van der Waals surface area contributed by atoms with Crippen molar-refractivity contribution < 1.29 is 32.2 Å². The number of hydrogen-bond acceptors (Lipinski definition) is 5. The average Bonchev–Trinajstić information content (AvgIpc) is 2.67. The highest BCUT2D eigenvalue weighted by Gasteiger charge is 2.24. The molecule has 0 N–H and O–H groups in total.